The van der Waals surface area contributed by atoms with Crippen molar-refractivity contribution in [2.75, 3.05) is 19.6 Å². The normalized spacial score (nSPS) is 13.3. The van der Waals surface area contributed by atoms with Gasteiger partial charge in [-0.2, -0.15) is 0 Å². The van der Waals surface area contributed by atoms with E-state index >= 15 is 0 Å². The largest absolute Gasteiger partial charge is 0.480 e. The molecule has 0 aromatic carbocycles. The summed E-state index contributed by atoms with van der Waals surface area (Å²) in [6.45, 7) is 4.86. The zero-order valence-corrected chi connectivity index (χ0v) is 7.66. The van der Waals surface area contributed by atoms with Crippen molar-refractivity contribution in [1.82, 2.24) is 4.90 Å². The van der Waals surface area contributed by atoms with Gasteiger partial charge in [-0.3, -0.25) is 9.69 Å². The monoisotopic (exact) mass is 175 g/mol. The maximum absolute atomic E-state index is 10.3. The predicted molar refractivity (Wildman–Crippen MR) is 46.0 cm³/mol. The number of aliphatic carboxylic acids is 1. The third-order valence-electron chi connectivity index (χ3n) is 1.75. The summed E-state index contributed by atoms with van der Waals surface area (Å²) in [6.07, 6.45) is 0.250. The second-order valence-electron chi connectivity index (χ2n) is 2.78. The standard InChI is InChI=1S/C8H17NO3/c1-3-7(10)5-9(4-2)6-8(11)12/h7,10H,3-6H2,1-2H3,(H,11,12). The van der Waals surface area contributed by atoms with Crippen molar-refractivity contribution in [2.24, 2.45) is 0 Å². The first-order chi connectivity index (χ1) is 5.60. The van der Waals surface area contributed by atoms with Gasteiger partial charge in [0.1, 0.15) is 0 Å². The molecule has 1 atom stereocenters. The molecule has 0 amide bonds. The SMILES string of the molecule is CCC(O)CN(CC)CC(=O)O. The van der Waals surface area contributed by atoms with Crippen molar-refractivity contribution in [3.05, 3.63) is 0 Å². The van der Waals surface area contributed by atoms with Gasteiger partial charge in [0.05, 0.1) is 12.6 Å². The average molecular weight is 175 g/mol. The molecule has 0 radical (unpaired) electrons. The molecule has 0 aliphatic heterocycles. The molecule has 0 aliphatic rings. The van der Waals surface area contributed by atoms with Crippen LogP contribution in [0.3, 0.4) is 0 Å². The Morgan fingerprint density at radius 2 is 2.08 bits per heavy atom. The maximum atomic E-state index is 10.3. The van der Waals surface area contributed by atoms with Crippen LogP contribution in [0.25, 0.3) is 0 Å². The summed E-state index contributed by atoms with van der Waals surface area (Å²) < 4.78 is 0. The van der Waals surface area contributed by atoms with Gasteiger partial charge in [0.15, 0.2) is 0 Å². The highest BCUT2D eigenvalue weighted by molar-refractivity contribution is 5.69. The first-order valence-corrected chi connectivity index (χ1v) is 4.22. The van der Waals surface area contributed by atoms with Crippen LogP contribution in [0, 0.1) is 0 Å². The fourth-order valence-corrected chi connectivity index (χ4v) is 0.924. The van der Waals surface area contributed by atoms with E-state index in [9.17, 15) is 9.90 Å². The number of likely N-dealkylation sites (N-methyl/N-ethyl adjacent to an activating group) is 1. The van der Waals surface area contributed by atoms with Crippen molar-refractivity contribution in [3.8, 4) is 0 Å². The molecule has 0 spiro atoms. The van der Waals surface area contributed by atoms with Crippen LogP contribution in [0.4, 0.5) is 0 Å². The lowest BCUT2D eigenvalue weighted by molar-refractivity contribution is -0.138. The molecule has 0 aromatic rings. The highest BCUT2D eigenvalue weighted by Crippen LogP contribution is 1.95. The predicted octanol–water partition coefficient (Wildman–Crippen LogP) is 0.164. The van der Waals surface area contributed by atoms with Gasteiger partial charge in [-0.1, -0.05) is 13.8 Å². The number of hydrogen-bond acceptors (Lipinski definition) is 3. The number of carboxylic acid groups (broad SMARTS) is 1. The van der Waals surface area contributed by atoms with Crippen LogP contribution < -0.4 is 0 Å². The summed E-state index contributed by atoms with van der Waals surface area (Å²) in [5.41, 5.74) is 0. The molecule has 0 aliphatic carbocycles. The summed E-state index contributed by atoms with van der Waals surface area (Å²) >= 11 is 0. The smallest absolute Gasteiger partial charge is 0.317 e. The molecular formula is C8H17NO3. The molecule has 12 heavy (non-hydrogen) atoms. The van der Waals surface area contributed by atoms with E-state index in [2.05, 4.69) is 0 Å². The Balaban J connectivity index is 3.74. The number of hydrogen-bond donors (Lipinski definition) is 2. The van der Waals surface area contributed by atoms with Gasteiger partial charge in [0.25, 0.3) is 0 Å². The number of rotatable bonds is 6. The Morgan fingerprint density at radius 3 is 2.42 bits per heavy atom. The topological polar surface area (TPSA) is 60.8 Å². The second-order valence-corrected chi connectivity index (χ2v) is 2.78. The average Bonchev–Trinajstić information content (AvgIpc) is 2.02. The zero-order chi connectivity index (χ0) is 9.56. The van der Waals surface area contributed by atoms with E-state index in [1.807, 2.05) is 13.8 Å². The Hall–Kier alpha value is -0.610. The van der Waals surface area contributed by atoms with Crippen LogP contribution in [0.1, 0.15) is 20.3 Å². The number of aliphatic hydroxyl groups is 1. The summed E-state index contributed by atoms with van der Waals surface area (Å²) in [6, 6.07) is 0. The van der Waals surface area contributed by atoms with Crippen LogP contribution in [-0.2, 0) is 4.79 Å². The molecule has 0 fully saturated rings. The minimum Gasteiger partial charge on any atom is -0.480 e. The Labute approximate surface area is 72.8 Å². The molecule has 0 saturated carbocycles. The van der Waals surface area contributed by atoms with E-state index in [0.717, 1.165) is 0 Å². The van der Waals surface area contributed by atoms with Gasteiger partial charge in [-0.15, -0.1) is 0 Å². The maximum Gasteiger partial charge on any atom is 0.317 e. The van der Waals surface area contributed by atoms with E-state index in [1.54, 1.807) is 4.90 Å². The van der Waals surface area contributed by atoms with E-state index in [0.29, 0.717) is 19.5 Å². The summed E-state index contributed by atoms with van der Waals surface area (Å²) in [4.78, 5) is 12.0. The molecule has 4 heteroatoms. The number of nitrogens with zero attached hydrogens (tertiary/aromatic N) is 1. The van der Waals surface area contributed by atoms with Gasteiger partial charge in [0.2, 0.25) is 0 Å². The zero-order valence-electron chi connectivity index (χ0n) is 7.66. The van der Waals surface area contributed by atoms with Gasteiger partial charge in [-0.25, -0.2) is 0 Å². The molecular weight excluding hydrogens is 158 g/mol. The molecule has 2 N–H and O–H groups in total. The molecule has 1 unspecified atom stereocenters. The molecule has 0 saturated heterocycles. The fourth-order valence-electron chi connectivity index (χ4n) is 0.924. The van der Waals surface area contributed by atoms with Crippen LogP contribution in [0.15, 0.2) is 0 Å². The van der Waals surface area contributed by atoms with E-state index in [1.165, 1.54) is 0 Å². The lowest BCUT2D eigenvalue weighted by Crippen LogP contribution is -2.35. The molecule has 72 valence electrons. The van der Waals surface area contributed by atoms with Gasteiger partial charge in [0, 0.05) is 6.54 Å². The molecule has 0 aromatic heterocycles. The van der Waals surface area contributed by atoms with Crippen LogP contribution >= 0.6 is 0 Å². The van der Waals surface area contributed by atoms with Gasteiger partial charge >= 0.3 is 5.97 Å². The lowest BCUT2D eigenvalue weighted by Gasteiger charge is -2.20. The van der Waals surface area contributed by atoms with Crippen LogP contribution in [0.5, 0.6) is 0 Å². The third kappa shape index (κ3) is 5.09. The fraction of sp³-hybridized carbons (Fsp3) is 0.875. The Kier molecular flexibility index (Phi) is 5.66. The lowest BCUT2D eigenvalue weighted by atomic mass is 10.2. The van der Waals surface area contributed by atoms with Crippen molar-refractivity contribution >= 4 is 5.97 Å². The molecule has 0 heterocycles. The van der Waals surface area contributed by atoms with Crippen LogP contribution in [-0.4, -0.2) is 46.8 Å². The van der Waals surface area contributed by atoms with E-state index in [4.69, 9.17) is 5.11 Å². The first kappa shape index (κ1) is 11.4. The quantitative estimate of drug-likeness (QED) is 0.604. The van der Waals surface area contributed by atoms with Crippen LogP contribution in [0.2, 0.25) is 0 Å². The summed E-state index contributed by atoms with van der Waals surface area (Å²) in [7, 11) is 0. The Morgan fingerprint density at radius 1 is 1.50 bits per heavy atom. The van der Waals surface area contributed by atoms with Crippen molar-refractivity contribution < 1.29 is 15.0 Å². The Bertz CT molecular complexity index is 138. The number of carbonyl (C=O) groups is 1. The minimum absolute atomic E-state index is 0.00750. The van der Waals surface area contributed by atoms with E-state index in [-0.39, 0.29) is 6.54 Å². The van der Waals surface area contributed by atoms with Gasteiger partial charge < -0.3 is 10.2 Å². The first-order valence-electron chi connectivity index (χ1n) is 4.22. The summed E-state index contributed by atoms with van der Waals surface area (Å²) in [5.74, 6) is -0.847. The number of aliphatic hydroxyl groups excluding tert-OH is 1. The van der Waals surface area contributed by atoms with E-state index < -0.39 is 12.1 Å². The van der Waals surface area contributed by atoms with Crippen molar-refractivity contribution in [3.63, 3.8) is 0 Å². The summed E-state index contributed by atoms with van der Waals surface area (Å²) in [5, 5.41) is 17.7. The molecule has 0 rings (SSSR count). The highest BCUT2D eigenvalue weighted by Gasteiger charge is 2.10. The van der Waals surface area contributed by atoms with Gasteiger partial charge in [-0.05, 0) is 13.0 Å². The number of carboxylic acids is 1. The molecule has 0 bridgehead atoms. The van der Waals surface area contributed by atoms with Crippen molar-refractivity contribution in [1.29, 1.82) is 0 Å². The minimum atomic E-state index is -0.847. The highest BCUT2D eigenvalue weighted by atomic mass is 16.4. The van der Waals surface area contributed by atoms with Crippen molar-refractivity contribution in [2.45, 2.75) is 26.4 Å². The molecule has 4 nitrogen and oxygen atoms in total. The third-order valence-corrected chi connectivity index (χ3v) is 1.75. The second kappa shape index (κ2) is 5.97.